The van der Waals surface area contributed by atoms with Crippen LogP contribution in [0, 0.1) is 16.7 Å². The minimum absolute atomic E-state index is 0.0199. The predicted octanol–water partition coefficient (Wildman–Crippen LogP) is 3.01. The minimum Gasteiger partial charge on any atom is -0.289 e. The van der Waals surface area contributed by atoms with Gasteiger partial charge in [0.15, 0.2) is 5.65 Å². The molecule has 3 aromatic rings. The molecule has 0 spiro atoms. The number of fused-ring (bicyclic) bond motifs is 1. The average molecular weight is 373 g/mol. The van der Waals surface area contributed by atoms with Gasteiger partial charge in [0, 0.05) is 31.5 Å². The maximum atomic E-state index is 13.3. The van der Waals surface area contributed by atoms with E-state index in [1.165, 1.54) is 24.0 Å². The van der Waals surface area contributed by atoms with Gasteiger partial charge in [-0.1, -0.05) is 0 Å². The fraction of sp³-hybridized carbons (Fsp3) is 0.333. The third kappa shape index (κ3) is 2.60. The van der Waals surface area contributed by atoms with E-state index in [1.807, 2.05) is 0 Å². The molecule has 0 saturated heterocycles. The number of hydrogen-bond donors (Lipinski definition) is 0. The summed E-state index contributed by atoms with van der Waals surface area (Å²) in [6.07, 6.45) is -1.33. The highest BCUT2D eigenvalue weighted by Crippen LogP contribution is 2.58. The molecule has 0 aromatic carbocycles. The van der Waals surface area contributed by atoms with E-state index >= 15 is 0 Å². The van der Waals surface area contributed by atoms with Crippen molar-refractivity contribution in [1.82, 2.24) is 19.1 Å². The number of alkyl halides is 3. The first-order valence-electron chi connectivity index (χ1n) is 8.25. The van der Waals surface area contributed by atoms with Crippen molar-refractivity contribution in [3.63, 3.8) is 0 Å². The summed E-state index contributed by atoms with van der Waals surface area (Å²) in [5, 5.41) is 9.24. The molecule has 0 N–H and O–H groups in total. The number of halogens is 3. The van der Waals surface area contributed by atoms with E-state index in [-0.39, 0.29) is 18.5 Å². The molecule has 1 aliphatic rings. The van der Waals surface area contributed by atoms with E-state index in [1.54, 1.807) is 18.2 Å². The van der Waals surface area contributed by atoms with Gasteiger partial charge in [-0.3, -0.25) is 14.1 Å². The number of pyridine rings is 2. The van der Waals surface area contributed by atoms with Crippen LogP contribution in [0.15, 0.2) is 35.4 Å². The Labute approximate surface area is 151 Å². The highest BCUT2D eigenvalue weighted by molar-refractivity contribution is 5.77. The lowest BCUT2D eigenvalue weighted by atomic mass is 10.1. The first-order valence-corrected chi connectivity index (χ1v) is 8.25. The van der Waals surface area contributed by atoms with Crippen LogP contribution in [-0.4, -0.2) is 25.3 Å². The zero-order chi connectivity index (χ0) is 19.4. The second-order valence-corrected chi connectivity index (χ2v) is 6.78. The molecule has 0 amide bonds. The monoisotopic (exact) mass is 373 g/mol. The van der Waals surface area contributed by atoms with E-state index in [9.17, 15) is 23.2 Å². The van der Waals surface area contributed by atoms with E-state index < -0.39 is 23.8 Å². The van der Waals surface area contributed by atoms with Crippen LogP contribution in [0.25, 0.3) is 22.4 Å². The Morgan fingerprint density at radius 2 is 2.04 bits per heavy atom. The molecule has 0 aliphatic heterocycles. The summed E-state index contributed by atoms with van der Waals surface area (Å²) in [7, 11) is 1.47. The van der Waals surface area contributed by atoms with Crippen molar-refractivity contribution in [3.05, 3.63) is 46.6 Å². The van der Waals surface area contributed by atoms with Crippen molar-refractivity contribution in [3.8, 4) is 17.3 Å². The maximum absolute atomic E-state index is 13.3. The Bertz CT molecular complexity index is 1150. The van der Waals surface area contributed by atoms with Gasteiger partial charge in [-0.25, -0.2) is 9.78 Å². The summed E-state index contributed by atoms with van der Waals surface area (Å²) < 4.78 is 42.3. The lowest BCUT2D eigenvalue weighted by molar-refractivity contribution is -0.190. The lowest BCUT2D eigenvalue weighted by Gasteiger charge is -2.19. The van der Waals surface area contributed by atoms with Gasteiger partial charge >= 0.3 is 11.9 Å². The minimum atomic E-state index is -4.35. The number of hydrogen-bond acceptors (Lipinski definition) is 4. The predicted molar refractivity (Wildman–Crippen MR) is 90.6 cm³/mol. The molecular weight excluding hydrogens is 359 g/mol. The van der Waals surface area contributed by atoms with Gasteiger partial charge in [0.2, 0.25) is 0 Å². The summed E-state index contributed by atoms with van der Waals surface area (Å²) in [5.41, 5.74) is -0.478. The summed E-state index contributed by atoms with van der Waals surface area (Å²) in [6, 6.07) is 6.75. The Morgan fingerprint density at radius 1 is 1.30 bits per heavy atom. The molecule has 138 valence electrons. The molecule has 3 aromatic heterocycles. The molecule has 0 unspecified atom stereocenters. The number of imidazole rings is 1. The quantitative estimate of drug-likeness (QED) is 0.707. The van der Waals surface area contributed by atoms with Crippen LogP contribution in [0.1, 0.15) is 18.4 Å². The Hall–Kier alpha value is -3.15. The van der Waals surface area contributed by atoms with Gasteiger partial charge in [0.25, 0.3) is 0 Å². The zero-order valence-corrected chi connectivity index (χ0v) is 14.3. The van der Waals surface area contributed by atoms with E-state index in [0.717, 1.165) is 4.57 Å². The second-order valence-electron chi connectivity index (χ2n) is 6.78. The molecule has 1 fully saturated rings. The van der Waals surface area contributed by atoms with Crippen LogP contribution in [0.3, 0.4) is 0 Å². The van der Waals surface area contributed by atoms with Crippen molar-refractivity contribution in [2.24, 2.45) is 12.5 Å². The molecule has 27 heavy (non-hydrogen) atoms. The summed E-state index contributed by atoms with van der Waals surface area (Å²) in [6.45, 7) is -0.413. The summed E-state index contributed by atoms with van der Waals surface area (Å²) in [4.78, 5) is 21.0. The van der Waals surface area contributed by atoms with Crippen molar-refractivity contribution < 1.29 is 13.2 Å². The van der Waals surface area contributed by atoms with E-state index in [4.69, 9.17) is 0 Å². The number of aromatic nitrogens is 4. The Morgan fingerprint density at radius 3 is 2.67 bits per heavy atom. The van der Waals surface area contributed by atoms with Crippen LogP contribution in [-0.2, 0) is 13.6 Å². The molecule has 1 saturated carbocycles. The largest absolute Gasteiger partial charge is 0.396 e. The standard InChI is InChI=1S/C18H14F3N5O/c1-25-15-14(26(16(25)27)10-17(5-6-17)18(19,20)21)3-2-13(24-15)12-9-23-7-4-11(12)8-22/h2-4,7,9H,5-6,10H2,1H3. The number of rotatable bonds is 3. The fourth-order valence-electron chi connectivity index (χ4n) is 3.26. The maximum Gasteiger partial charge on any atom is 0.396 e. The van der Waals surface area contributed by atoms with E-state index in [2.05, 4.69) is 16.0 Å². The van der Waals surface area contributed by atoms with Crippen LogP contribution in [0.5, 0.6) is 0 Å². The van der Waals surface area contributed by atoms with Gasteiger partial charge in [-0.15, -0.1) is 0 Å². The van der Waals surface area contributed by atoms with Gasteiger partial charge in [0.1, 0.15) is 0 Å². The second kappa shape index (κ2) is 5.67. The number of nitriles is 1. The molecule has 1 aliphatic carbocycles. The van der Waals surface area contributed by atoms with Crippen molar-refractivity contribution >= 4 is 11.2 Å². The molecule has 6 nitrogen and oxygen atoms in total. The molecule has 4 rings (SSSR count). The molecule has 9 heteroatoms. The van der Waals surface area contributed by atoms with Crippen LogP contribution < -0.4 is 5.69 Å². The normalized spacial score (nSPS) is 15.7. The first-order chi connectivity index (χ1) is 12.8. The first kappa shape index (κ1) is 17.3. The van der Waals surface area contributed by atoms with Crippen LogP contribution >= 0.6 is 0 Å². The molecule has 3 heterocycles. The molecule has 0 atom stereocenters. The van der Waals surface area contributed by atoms with E-state index in [0.29, 0.717) is 22.3 Å². The lowest BCUT2D eigenvalue weighted by Crippen LogP contribution is -2.33. The summed E-state index contributed by atoms with van der Waals surface area (Å²) >= 11 is 0. The van der Waals surface area contributed by atoms with Gasteiger partial charge < -0.3 is 0 Å². The third-order valence-electron chi connectivity index (χ3n) is 5.11. The molecule has 0 radical (unpaired) electrons. The SMILES string of the molecule is Cn1c(=O)n(CC2(C(F)(F)F)CC2)c2ccc(-c3cnccc3C#N)nc21. The van der Waals surface area contributed by atoms with Crippen molar-refractivity contribution in [2.45, 2.75) is 25.6 Å². The number of nitrogens with zero attached hydrogens (tertiary/aromatic N) is 5. The van der Waals surface area contributed by atoms with Gasteiger partial charge in [-0.05, 0) is 31.0 Å². The van der Waals surface area contributed by atoms with Gasteiger partial charge in [0.05, 0.1) is 28.3 Å². The van der Waals surface area contributed by atoms with Crippen LogP contribution in [0.2, 0.25) is 0 Å². The smallest absolute Gasteiger partial charge is 0.289 e. The fourth-order valence-corrected chi connectivity index (χ4v) is 3.26. The topological polar surface area (TPSA) is 76.5 Å². The number of aryl methyl sites for hydroxylation is 1. The Balaban J connectivity index is 1.85. The third-order valence-corrected chi connectivity index (χ3v) is 5.11. The average Bonchev–Trinajstić information content (AvgIpc) is 3.41. The molecular formula is C18H14F3N5O. The highest BCUT2D eigenvalue weighted by Gasteiger charge is 2.63. The highest BCUT2D eigenvalue weighted by atomic mass is 19.4. The zero-order valence-electron chi connectivity index (χ0n) is 14.3. The van der Waals surface area contributed by atoms with Crippen LogP contribution in [0.4, 0.5) is 13.2 Å². The van der Waals surface area contributed by atoms with Crippen molar-refractivity contribution in [2.75, 3.05) is 0 Å². The Kier molecular flexibility index (Phi) is 3.63. The molecule has 0 bridgehead atoms. The van der Waals surface area contributed by atoms with Gasteiger partial charge in [-0.2, -0.15) is 18.4 Å². The summed E-state index contributed by atoms with van der Waals surface area (Å²) in [5.74, 6) is 0. The van der Waals surface area contributed by atoms with Crippen molar-refractivity contribution in [1.29, 1.82) is 5.26 Å².